The van der Waals surface area contributed by atoms with Gasteiger partial charge < -0.3 is 15.7 Å². The molecule has 1 heterocycles. The molecule has 0 saturated carbocycles. The van der Waals surface area contributed by atoms with E-state index in [1.165, 1.54) is 6.07 Å². The zero-order chi connectivity index (χ0) is 14.5. The third-order valence-electron chi connectivity index (χ3n) is 3.34. The number of aromatic carboxylic acids is 1. The van der Waals surface area contributed by atoms with Crippen molar-refractivity contribution in [1.82, 2.24) is 5.32 Å². The molecule has 5 nitrogen and oxygen atoms in total. The summed E-state index contributed by atoms with van der Waals surface area (Å²) < 4.78 is 13.5. The molecule has 6 heteroatoms. The van der Waals surface area contributed by atoms with Gasteiger partial charge in [0.25, 0.3) is 0 Å². The van der Waals surface area contributed by atoms with Crippen molar-refractivity contribution in [3.63, 3.8) is 0 Å². The summed E-state index contributed by atoms with van der Waals surface area (Å²) in [5.74, 6) is -2.40. The van der Waals surface area contributed by atoms with Crippen LogP contribution in [-0.2, 0) is 4.79 Å². The number of carboxylic acid groups (broad SMARTS) is 1. The molecule has 1 unspecified atom stereocenters. The second-order valence-corrected chi connectivity index (χ2v) is 4.85. The molecule has 3 N–H and O–H groups in total. The van der Waals surface area contributed by atoms with Gasteiger partial charge >= 0.3 is 5.97 Å². The molecule has 0 bridgehead atoms. The second-order valence-electron chi connectivity index (χ2n) is 4.85. The Labute approximate surface area is 116 Å². The Morgan fingerprint density at radius 2 is 2.10 bits per heavy atom. The lowest BCUT2D eigenvalue weighted by atomic mass is 10.1. The number of carbonyl (C=O) groups excluding carboxylic acids is 1. The summed E-state index contributed by atoms with van der Waals surface area (Å²) in [4.78, 5) is 22.7. The Kier molecular flexibility index (Phi) is 4.68. The van der Waals surface area contributed by atoms with Crippen LogP contribution in [-0.4, -0.2) is 29.6 Å². The summed E-state index contributed by atoms with van der Waals surface area (Å²) >= 11 is 0. The van der Waals surface area contributed by atoms with E-state index in [0.717, 1.165) is 44.4 Å². The minimum Gasteiger partial charge on any atom is -0.478 e. The first-order valence-corrected chi connectivity index (χ1v) is 6.65. The fourth-order valence-corrected chi connectivity index (χ4v) is 2.25. The van der Waals surface area contributed by atoms with Crippen molar-refractivity contribution < 1.29 is 19.1 Å². The number of carboxylic acids is 1. The van der Waals surface area contributed by atoms with E-state index in [-0.39, 0.29) is 17.6 Å². The summed E-state index contributed by atoms with van der Waals surface area (Å²) in [6, 6.07) is 3.28. The van der Waals surface area contributed by atoms with Crippen molar-refractivity contribution in [3.8, 4) is 0 Å². The number of rotatable bonds is 3. The summed E-state index contributed by atoms with van der Waals surface area (Å²) in [7, 11) is 0. The maximum Gasteiger partial charge on any atom is 0.338 e. The van der Waals surface area contributed by atoms with Gasteiger partial charge in [0.05, 0.1) is 11.6 Å². The van der Waals surface area contributed by atoms with Crippen molar-refractivity contribution in [3.05, 3.63) is 29.6 Å². The molecule has 20 heavy (non-hydrogen) atoms. The molecule has 0 aromatic heterocycles. The van der Waals surface area contributed by atoms with Crippen LogP contribution in [0, 0.1) is 5.82 Å². The number of nitrogens with one attached hydrogen (secondary N) is 2. The Bertz CT molecular complexity index is 511. The maximum atomic E-state index is 13.5. The van der Waals surface area contributed by atoms with Gasteiger partial charge in [-0.3, -0.25) is 4.79 Å². The van der Waals surface area contributed by atoms with Crippen LogP contribution in [0.25, 0.3) is 0 Å². The molecule has 0 radical (unpaired) electrons. The van der Waals surface area contributed by atoms with Crippen molar-refractivity contribution >= 4 is 17.6 Å². The normalized spacial score (nSPS) is 19.1. The lowest BCUT2D eigenvalue weighted by molar-refractivity contribution is -0.118. The quantitative estimate of drug-likeness (QED) is 0.791. The minimum atomic E-state index is -1.33. The predicted molar refractivity (Wildman–Crippen MR) is 72.2 cm³/mol. The molecular weight excluding hydrogens is 263 g/mol. The highest BCUT2D eigenvalue weighted by atomic mass is 19.1. The van der Waals surface area contributed by atoms with Crippen LogP contribution in [0.4, 0.5) is 10.1 Å². The number of carbonyl (C=O) groups is 2. The molecule has 1 aromatic rings. The van der Waals surface area contributed by atoms with Gasteiger partial charge in [0.15, 0.2) is 0 Å². The summed E-state index contributed by atoms with van der Waals surface area (Å²) in [6.45, 7) is 0.796. The number of hydrogen-bond donors (Lipinski definition) is 3. The largest absolute Gasteiger partial charge is 0.478 e. The van der Waals surface area contributed by atoms with Gasteiger partial charge in [-0.15, -0.1) is 0 Å². The van der Waals surface area contributed by atoms with Crippen molar-refractivity contribution in [2.24, 2.45) is 0 Å². The zero-order valence-electron chi connectivity index (χ0n) is 11.0. The standard InChI is InChI=1S/C14H17FN2O3/c15-11-8-9(5-6-10(11)14(19)20)17-13(18)12-4-2-1-3-7-16-12/h5-6,8,12,16H,1-4,7H2,(H,17,18)(H,19,20). The van der Waals surface area contributed by atoms with E-state index in [1.807, 2.05) is 0 Å². The van der Waals surface area contributed by atoms with Crippen LogP contribution in [0.3, 0.4) is 0 Å². The van der Waals surface area contributed by atoms with Crippen LogP contribution < -0.4 is 10.6 Å². The van der Waals surface area contributed by atoms with E-state index in [9.17, 15) is 14.0 Å². The SMILES string of the molecule is O=C(O)c1ccc(NC(=O)C2CCCCCN2)cc1F. The number of hydrogen-bond acceptors (Lipinski definition) is 3. The first-order chi connectivity index (χ1) is 9.58. The highest BCUT2D eigenvalue weighted by Crippen LogP contribution is 2.16. The molecule has 1 aromatic carbocycles. The molecule has 2 rings (SSSR count). The molecule has 1 aliphatic rings. The number of anilines is 1. The first kappa shape index (κ1) is 14.5. The van der Waals surface area contributed by atoms with E-state index in [4.69, 9.17) is 5.11 Å². The van der Waals surface area contributed by atoms with Crippen LogP contribution >= 0.6 is 0 Å². The fraction of sp³-hybridized carbons (Fsp3) is 0.429. The third-order valence-corrected chi connectivity index (χ3v) is 3.34. The van der Waals surface area contributed by atoms with Gasteiger partial charge in [-0.05, 0) is 37.6 Å². The third kappa shape index (κ3) is 3.54. The fourth-order valence-electron chi connectivity index (χ4n) is 2.25. The Morgan fingerprint density at radius 3 is 2.80 bits per heavy atom. The smallest absolute Gasteiger partial charge is 0.338 e. The van der Waals surface area contributed by atoms with E-state index in [1.54, 1.807) is 0 Å². The average Bonchev–Trinajstić information content (AvgIpc) is 2.67. The van der Waals surface area contributed by atoms with Gasteiger partial charge in [0.2, 0.25) is 5.91 Å². The van der Waals surface area contributed by atoms with Crippen molar-refractivity contribution in [2.75, 3.05) is 11.9 Å². The van der Waals surface area contributed by atoms with Crippen LogP contribution in [0.5, 0.6) is 0 Å². The minimum absolute atomic E-state index is 0.214. The molecule has 108 valence electrons. The van der Waals surface area contributed by atoms with E-state index in [0.29, 0.717) is 0 Å². The number of benzene rings is 1. The summed E-state index contributed by atoms with van der Waals surface area (Å²) in [6.07, 6.45) is 3.88. The van der Waals surface area contributed by atoms with Gasteiger partial charge in [-0.25, -0.2) is 9.18 Å². The van der Waals surface area contributed by atoms with Crippen LogP contribution in [0.15, 0.2) is 18.2 Å². The van der Waals surface area contributed by atoms with Crippen LogP contribution in [0.2, 0.25) is 0 Å². The van der Waals surface area contributed by atoms with E-state index < -0.39 is 17.3 Å². The monoisotopic (exact) mass is 280 g/mol. The molecule has 1 saturated heterocycles. The van der Waals surface area contributed by atoms with Gasteiger partial charge in [-0.1, -0.05) is 12.8 Å². The predicted octanol–water partition coefficient (Wildman–Crippen LogP) is 1.99. The molecule has 1 fully saturated rings. The van der Waals surface area contributed by atoms with Gasteiger partial charge in [0, 0.05) is 5.69 Å². The molecule has 0 spiro atoms. The molecular formula is C14H17FN2O3. The molecule has 1 aliphatic heterocycles. The maximum absolute atomic E-state index is 13.5. The second kappa shape index (κ2) is 6.47. The summed E-state index contributed by atoms with van der Waals surface area (Å²) in [5, 5.41) is 14.5. The highest BCUT2D eigenvalue weighted by Gasteiger charge is 2.20. The summed E-state index contributed by atoms with van der Waals surface area (Å²) in [5.41, 5.74) is -0.140. The topological polar surface area (TPSA) is 78.4 Å². The lowest BCUT2D eigenvalue weighted by Crippen LogP contribution is -2.39. The number of halogens is 1. The van der Waals surface area contributed by atoms with E-state index in [2.05, 4.69) is 10.6 Å². The van der Waals surface area contributed by atoms with E-state index >= 15 is 0 Å². The molecule has 0 aliphatic carbocycles. The molecule has 1 atom stereocenters. The lowest BCUT2D eigenvalue weighted by Gasteiger charge is -2.15. The van der Waals surface area contributed by atoms with Gasteiger partial charge in [-0.2, -0.15) is 0 Å². The number of amides is 1. The molecule has 1 amide bonds. The Morgan fingerprint density at radius 1 is 1.30 bits per heavy atom. The van der Waals surface area contributed by atoms with Gasteiger partial charge in [0.1, 0.15) is 5.82 Å². The Hall–Kier alpha value is -1.95. The van der Waals surface area contributed by atoms with Crippen molar-refractivity contribution in [1.29, 1.82) is 0 Å². The zero-order valence-corrected chi connectivity index (χ0v) is 11.0. The average molecular weight is 280 g/mol. The highest BCUT2D eigenvalue weighted by molar-refractivity contribution is 5.95. The Balaban J connectivity index is 2.03. The van der Waals surface area contributed by atoms with Crippen molar-refractivity contribution in [2.45, 2.75) is 31.7 Å². The first-order valence-electron chi connectivity index (χ1n) is 6.65. The van der Waals surface area contributed by atoms with Crippen LogP contribution in [0.1, 0.15) is 36.0 Å².